The van der Waals surface area contributed by atoms with Gasteiger partial charge in [0.1, 0.15) is 5.54 Å². The van der Waals surface area contributed by atoms with Crippen molar-refractivity contribution in [2.45, 2.75) is 70.9 Å². The molecule has 0 aromatic carbocycles. The van der Waals surface area contributed by atoms with Crippen molar-refractivity contribution < 1.29 is 9.32 Å². The number of nitrogens with zero attached hydrogens (tertiary/aromatic N) is 3. The van der Waals surface area contributed by atoms with Gasteiger partial charge in [0.15, 0.2) is 5.82 Å². The molecular formula is C19H35Cl2N5O2. The number of rotatable bonds is 8. The molecule has 7 nitrogen and oxygen atoms in total. The van der Waals surface area contributed by atoms with Gasteiger partial charge in [0, 0.05) is 5.92 Å². The Labute approximate surface area is 180 Å². The van der Waals surface area contributed by atoms with Crippen molar-refractivity contribution in [2.75, 3.05) is 19.6 Å². The standard InChI is InChI=1S/C19H33N5O2.2ClH/c1-3-24(4-2)13-16-21-18(23-26-16)19(10-5-6-11-19)22-17(25)15-9-7-8-14(15)12-20;;/h14-15H,3-13,20H2,1-2H3,(H,22,25);2*1H/t14-,15-;;/m1../s1. The topological polar surface area (TPSA) is 97.3 Å². The van der Waals surface area contributed by atoms with E-state index in [0.29, 0.717) is 30.7 Å². The molecule has 162 valence electrons. The third-order valence-corrected chi connectivity index (χ3v) is 6.27. The molecule has 1 amide bonds. The quantitative estimate of drug-likeness (QED) is 0.650. The van der Waals surface area contributed by atoms with Gasteiger partial charge in [-0.3, -0.25) is 9.69 Å². The number of hydrogen-bond donors (Lipinski definition) is 2. The molecule has 2 fully saturated rings. The van der Waals surface area contributed by atoms with Crippen LogP contribution in [0.15, 0.2) is 4.52 Å². The lowest BCUT2D eigenvalue weighted by molar-refractivity contribution is -0.128. The number of carbonyl (C=O) groups excluding carboxylic acids is 1. The van der Waals surface area contributed by atoms with Crippen LogP contribution in [0, 0.1) is 11.8 Å². The Balaban J connectivity index is 0.00000196. The zero-order valence-electron chi connectivity index (χ0n) is 17.0. The number of carbonyl (C=O) groups is 1. The van der Waals surface area contributed by atoms with Gasteiger partial charge in [-0.1, -0.05) is 38.3 Å². The van der Waals surface area contributed by atoms with Crippen molar-refractivity contribution >= 4 is 30.7 Å². The lowest BCUT2D eigenvalue weighted by Gasteiger charge is -2.29. The van der Waals surface area contributed by atoms with E-state index in [9.17, 15) is 4.79 Å². The van der Waals surface area contributed by atoms with Crippen molar-refractivity contribution in [2.24, 2.45) is 17.6 Å². The number of aromatic nitrogens is 2. The number of nitrogens with two attached hydrogens (primary N) is 1. The predicted octanol–water partition coefficient (Wildman–Crippen LogP) is 3.02. The van der Waals surface area contributed by atoms with E-state index in [-0.39, 0.29) is 36.6 Å². The third kappa shape index (κ3) is 5.38. The van der Waals surface area contributed by atoms with Gasteiger partial charge in [-0.2, -0.15) is 4.98 Å². The fraction of sp³-hybridized carbons (Fsp3) is 0.842. The first kappa shape index (κ1) is 25.1. The molecule has 1 aromatic rings. The summed E-state index contributed by atoms with van der Waals surface area (Å²) in [6.45, 7) is 7.36. The molecule has 2 aliphatic carbocycles. The number of hydrogen-bond acceptors (Lipinski definition) is 6. The van der Waals surface area contributed by atoms with Crippen molar-refractivity contribution in [3.8, 4) is 0 Å². The van der Waals surface area contributed by atoms with Crippen LogP contribution in [-0.4, -0.2) is 40.6 Å². The van der Waals surface area contributed by atoms with E-state index >= 15 is 0 Å². The van der Waals surface area contributed by atoms with Crippen LogP contribution in [0.3, 0.4) is 0 Å². The molecule has 0 saturated heterocycles. The van der Waals surface area contributed by atoms with E-state index in [2.05, 4.69) is 34.2 Å². The first-order chi connectivity index (χ1) is 12.6. The van der Waals surface area contributed by atoms with Crippen LogP contribution >= 0.6 is 24.8 Å². The molecule has 2 aliphatic rings. The average molecular weight is 436 g/mol. The second-order valence-corrected chi connectivity index (χ2v) is 7.78. The molecule has 28 heavy (non-hydrogen) atoms. The summed E-state index contributed by atoms with van der Waals surface area (Å²) < 4.78 is 5.51. The fourth-order valence-corrected chi connectivity index (χ4v) is 4.53. The third-order valence-electron chi connectivity index (χ3n) is 6.27. The van der Waals surface area contributed by atoms with Crippen molar-refractivity contribution in [1.82, 2.24) is 20.4 Å². The molecule has 2 atom stereocenters. The monoisotopic (exact) mass is 435 g/mol. The van der Waals surface area contributed by atoms with Crippen LogP contribution in [0.1, 0.15) is 70.5 Å². The first-order valence-corrected chi connectivity index (χ1v) is 10.2. The minimum absolute atomic E-state index is 0. The largest absolute Gasteiger partial charge is 0.343 e. The maximum Gasteiger partial charge on any atom is 0.240 e. The van der Waals surface area contributed by atoms with Gasteiger partial charge in [0.2, 0.25) is 11.8 Å². The molecule has 9 heteroatoms. The average Bonchev–Trinajstić information content (AvgIpc) is 3.39. The fourth-order valence-electron chi connectivity index (χ4n) is 4.53. The Kier molecular flexibility index (Phi) is 10.2. The number of halogens is 2. The molecular weight excluding hydrogens is 401 g/mol. The van der Waals surface area contributed by atoms with Crippen LogP contribution in [0.2, 0.25) is 0 Å². The Hall–Kier alpha value is -0.890. The first-order valence-electron chi connectivity index (χ1n) is 10.2. The van der Waals surface area contributed by atoms with Crippen LogP contribution in [-0.2, 0) is 16.9 Å². The highest BCUT2D eigenvalue weighted by molar-refractivity contribution is 5.85. The summed E-state index contributed by atoms with van der Waals surface area (Å²) in [7, 11) is 0. The van der Waals surface area contributed by atoms with Crippen LogP contribution in [0.25, 0.3) is 0 Å². The smallest absolute Gasteiger partial charge is 0.240 e. The van der Waals surface area contributed by atoms with Gasteiger partial charge in [-0.05, 0) is 51.2 Å². The summed E-state index contributed by atoms with van der Waals surface area (Å²) in [4.78, 5) is 19.9. The van der Waals surface area contributed by atoms with Gasteiger partial charge >= 0.3 is 0 Å². The summed E-state index contributed by atoms with van der Waals surface area (Å²) >= 11 is 0. The Bertz CT molecular complexity index is 603. The van der Waals surface area contributed by atoms with Crippen LogP contribution in [0.4, 0.5) is 0 Å². The lowest BCUT2D eigenvalue weighted by atomic mass is 9.91. The van der Waals surface area contributed by atoms with E-state index in [1.165, 1.54) is 0 Å². The SMILES string of the molecule is CCN(CC)Cc1nc(C2(NC(=O)[C@@H]3CCC[C@@H]3CN)CCCC2)no1.Cl.Cl. The summed E-state index contributed by atoms with van der Waals surface area (Å²) in [5.74, 6) is 1.73. The lowest BCUT2D eigenvalue weighted by Crippen LogP contribution is -2.48. The molecule has 0 bridgehead atoms. The van der Waals surface area contributed by atoms with E-state index < -0.39 is 5.54 Å². The zero-order valence-corrected chi connectivity index (χ0v) is 18.6. The minimum Gasteiger partial charge on any atom is -0.343 e. The Morgan fingerprint density at radius 3 is 2.50 bits per heavy atom. The van der Waals surface area contributed by atoms with Gasteiger partial charge in [-0.15, -0.1) is 24.8 Å². The summed E-state index contributed by atoms with van der Waals surface area (Å²) in [5.41, 5.74) is 5.40. The van der Waals surface area contributed by atoms with E-state index in [0.717, 1.165) is 58.0 Å². The Morgan fingerprint density at radius 2 is 1.89 bits per heavy atom. The molecule has 0 aliphatic heterocycles. The van der Waals surface area contributed by atoms with Gasteiger partial charge in [0.05, 0.1) is 6.54 Å². The molecule has 3 rings (SSSR count). The molecule has 0 radical (unpaired) electrons. The number of nitrogens with one attached hydrogen (secondary N) is 1. The normalized spacial score (nSPS) is 23.3. The minimum atomic E-state index is -0.468. The van der Waals surface area contributed by atoms with Crippen molar-refractivity contribution in [3.63, 3.8) is 0 Å². The maximum atomic E-state index is 13.0. The van der Waals surface area contributed by atoms with Gasteiger partial charge < -0.3 is 15.6 Å². The molecule has 1 heterocycles. The van der Waals surface area contributed by atoms with Crippen molar-refractivity contribution in [1.29, 1.82) is 0 Å². The molecule has 2 saturated carbocycles. The molecule has 0 spiro atoms. The molecule has 3 N–H and O–H groups in total. The summed E-state index contributed by atoms with van der Waals surface area (Å²) in [5, 5.41) is 7.58. The second-order valence-electron chi connectivity index (χ2n) is 7.78. The van der Waals surface area contributed by atoms with E-state index in [4.69, 9.17) is 10.3 Å². The maximum absolute atomic E-state index is 13.0. The van der Waals surface area contributed by atoms with Crippen molar-refractivity contribution in [3.05, 3.63) is 11.7 Å². The van der Waals surface area contributed by atoms with E-state index in [1.54, 1.807) is 0 Å². The van der Waals surface area contributed by atoms with Gasteiger partial charge in [-0.25, -0.2) is 0 Å². The highest BCUT2D eigenvalue weighted by Gasteiger charge is 2.44. The van der Waals surface area contributed by atoms with Crippen LogP contribution in [0.5, 0.6) is 0 Å². The van der Waals surface area contributed by atoms with Gasteiger partial charge in [0.25, 0.3) is 0 Å². The number of amides is 1. The van der Waals surface area contributed by atoms with Crippen LogP contribution < -0.4 is 11.1 Å². The predicted molar refractivity (Wildman–Crippen MR) is 114 cm³/mol. The Morgan fingerprint density at radius 1 is 1.21 bits per heavy atom. The molecule has 1 aromatic heterocycles. The molecule has 0 unspecified atom stereocenters. The summed E-state index contributed by atoms with van der Waals surface area (Å²) in [6.07, 6.45) is 6.98. The second kappa shape index (κ2) is 11.3. The highest BCUT2D eigenvalue weighted by atomic mass is 35.5. The highest BCUT2D eigenvalue weighted by Crippen LogP contribution is 2.39. The zero-order chi connectivity index (χ0) is 18.6. The summed E-state index contributed by atoms with van der Waals surface area (Å²) in [6, 6.07) is 0. The van der Waals surface area contributed by atoms with E-state index in [1.807, 2.05) is 0 Å².